The third-order valence-electron chi connectivity index (χ3n) is 5.45. The zero-order valence-corrected chi connectivity index (χ0v) is 16.4. The lowest BCUT2D eigenvalue weighted by Crippen LogP contribution is -2.52. The number of benzene rings is 1. The van der Waals surface area contributed by atoms with Gasteiger partial charge in [-0.1, -0.05) is 19.1 Å². The number of carbonyl (C=O) groups excluding carboxylic acids is 1. The maximum absolute atomic E-state index is 12.6. The molecule has 1 aromatic carbocycles. The van der Waals surface area contributed by atoms with Crippen LogP contribution < -0.4 is 5.32 Å². The number of nitrogens with one attached hydrogen (secondary N) is 1. The molecule has 1 unspecified atom stereocenters. The molecule has 2 amide bonds. The minimum absolute atomic E-state index is 0.0613. The van der Waals surface area contributed by atoms with Crippen LogP contribution in [-0.2, 0) is 11.3 Å². The molecule has 0 radical (unpaired) electrons. The van der Waals surface area contributed by atoms with E-state index in [2.05, 4.69) is 17.1 Å². The van der Waals surface area contributed by atoms with Gasteiger partial charge in [0, 0.05) is 45.4 Å². The summed E-state index contributed by atoms with van der Waals surface area (Å²) in [5, 5.41) is 12.8. The average Bonchev–Trinajstić information content (AvgIpc) is 2.68. The predicted molar refractivity (Wildman–Crippen MR) is 106 cm³/mol. The second-order valence-electron chi connectivity index (χ2n) is 7.75. The molecule has 1 atom stereocenters. The number of piperidine rings is 2. The maximum Gasteiger partial charge on any atom is 0.317 e. The zero-order valence-electron chi connectivity index (χ0n) is 16.4. The smallest absolute Gasteiger partial charge is 0.317 e. The van der Waals surface area contributed by atoms with E-state index in [9.17, 15) is 9.90 Å². The van der Waals surface area contributed by atoms with E-state index in [0.29, 0.717) is 12.3 Å². The number of carbonyl (C=O) groups is 1. The summed E-state index contributed by atoms with van der Waals surface area (Å²) in [5.74, 6) is 0.317. The average molecular weight is 376 g/mol. The Balaban J connectivity index is 1.40. The molecule has 2 heterocycles. The van der Waals surface area contributed by atoms with Gasteiger partial charge in [-0.2, -0.15) is 0 Å². The van der Waals surface area contributed by atoms with Gasteiger partial charge < -0.3 is 20.1 Å². The fourth-order valence-electron chi connectivity index (χ4n) is 3.96. The monoisotopic (exact) mass is 375 g/mol. The first-order chi connectivity index (χ1) is 13.1. The van der Waals surface area contributed by atoms with Crippen LogP contribution in [0.25, 0.3) is 0 Å². The Labute approximate surface area is 162 Å². The number of phenols is 1. The molecule has 1 aromatic rings. The fourth-order valence-corrected chi connectivity index (χ4v) is 3.96. The second-order valence-corrected chi connectivity index (χ2v) is 7.75. The predicted octanol–water partition coefficient (Wildman–Crippen LogP) is 2.96. The highest BCUT2D eigenvalue weighted by atomic mass is 16.5. The highest BCUT2D eigenvalue weighted by Crippen LogP contribution is 2.18. The van der Waals surface area contributed by atoms with Crippen molar-refractivity contribution in [3.05, 3.63) is 29.8 Å². The standard InChI is InChI=1S/C21H33N3O3/c1-2-13-27-20-7-4-10-24(16-20)21(26)22-18-8-11-23(12-9-18)15-17-5-3-6-19(25)14-17/h3,5-6,14,18,20,25H,2,4,7-13,15-16H2,1H3,(H,22,26). The molecule has 150 valence electrons. The molecule has 0 spiro atoms. The second kappa shape index (κ2) is 9.95. The van der Waals surface area contributed by atoms with Crippen LogP contribution >= 0.6 is 0 Å². The highest BCUT2D eigenvalue weighted by molar-refractivity contribution is 5.74. The number of aromatic hydroxyl groups is 1. The molecule has 2 aliphatic rings. The number of nitrogens with zero attached hydrogens (tertiary/aromatic N) is 2. The molecular formula is C21H33N3O3. The van der Waals surface area contributed by atoms with Crippen molar-refractivity contribution in [3.8, 4) is 5.75 Å². The molecule has 2 fully saturated rings. The Bertz CT molecular complexity index is 602. The van der Waals surface area contributed by atoms with Gasteiger partial charge in [0.05, 0.1) is 6.10 Å². The molecule has 0 bridgehead atoms. The van der Waals surface area contributed by atoms with Crippen molar-refractivity contribution >= 4 is 6.03 Å². The molecule has 0 aliphatic carbocycles. The van der Waals surface area contributed by atoms with Crippen molar-refractivity contribution in [1.29, 1.82) is 0 Å². The van der Waals surface area contributed by atoms with Crippen molar-refractivity contribution in [2.45, 2.75) is 57.7 Å². The van der Waals surface area contributed by atoms with Gasteiger partial charge in [0.1, 0.15) is 5.75 Å². The zero-order chi connectivity index (χ0) is 19.1. The first-order valence-corrected chi connectivity index (χ1v) is 10.3. The van der Waals surface area contributed by atoms with Crippen LogP contribution in [0.4, 0.5) is 4.79 Å². The largest absolute Gasteiger partial charge is 0.508 e. The fraction of sp³-hybridized carbons (Fsp3) is 0.667. The first kappa shape index (κ1) is 20.0. The highest BCUT2D eigenvalue weighted by Gasteiger charge is 2.27. The molecule has 0 aromatic heterocycles. The molecule has 0 saturated carbocycles. The van der Waals surface area contributed by atoms with E-state index >= 15 is 0 Å². The van der Waals surface area contributed by atoms with E-state index in [0.717, 1.165) is 70.5 Å². The number of likely N-dealkylation sites (tertiary alicyclic amines) is 2. The van der Waals surface area contributed by atoms with Crippen LogP contribution in [0.15, 0.2) is 24.3 Å². The number of phenolic OH excluding ortho intramolecular Hbond substituents is 1. The summed E-state index contributed by atoms with van der Waals surface area (Å²) in [7, 11) is 0. The summed E-state index contributed by atoms with van der Waals surface area (Å²) in [6.07, 6.45) is 5.21. The molecule has 2 saturated heterocycles. The topological polar surface area (TPSA) is 65.0 Å². The van der Waals surface area contributed by atoms with Crippen LogP contribution in [0.1, 0.15) is 44.6 Å². The number of urea groups is 1. The van der Waals surface area contributed by atoms with Gasteiger partial charge >= 0.3 is 6.03 Å². The van der Waals surface area contributed by atoms with Crippen LogP contribution in [0.5, 0.6) is 5.75 Å². The van der Waals surface area contributed by atoms with Crippen LogP contribution in [0, 0.1) is 0 Å². The summed E-state index contributed by atoms with van der Waals surface area (Å²) in [6.45, 7) is 7.19. The van der Waals surface area contributed by atoms with Gasteiger partial charge in [0.15, 0.2) is 0 Å². The van der Waals surface area contributed by atoms with Crippen LogP contribution in [-0.4, -0.2) is 65.9 Å². The Hall–Kier alpha value is -1.79. The van der Waals surface area contributed by atoms with Gasteiger partial charge in [-0.15, -0.1) is 0 Å². The van der Waals surface area contributed by atoms with E-state index < -0.39 is 0 Å². The number of hydrogen-bond acceptors (Lipinski definition) is 4. The molecular weight excluding hydrogens is 342 g/mol. The van der Waals surface area contributed by atoms with Crippen LogP contribution in [0.3, 0.4) is 0 Å². The summed E-state index contributed by atoms with van der Waals surface area (Å²) < 4.78 is 5.84. The number of hydrogen-bond donors (Lipinski definition) is 2. The van der Waals surface area contributed by atoms with Crippen molar-refractivity contribution in [3.63, 3.8) is 0 Å². The lowest BCUT2D eigenvalue weighted by Gasteiger charge is -2.36. The summed E-state index contributed by atoms with van der Waals surface area (Å²) in [6, 6.07) is 7.75. The SMILES string of the molecule is CCCOC1CCCN(C(=O)NC2CCN(Cc3cccc(O)c3)CC2)C1. The minimum atomic E-state index is 0.0613. The van der Waals surface area contributed by atoms with Crippen molar-refractivity contribution in [2.75, 3.05) is 32.8 Å². The van der Waals surface area contributed by atoms with E-state index in [1.54, 1.807) is 6.07 Å². The molecule has 6 heteroatoms. The lowest BCUT2D eigenvalue weighted by molar-refractivity contribution is 0.00947. The minimum Gasteiger partial charge on any atom is -0.508 e. The van der Waals surface area contributed by atoms with E-state index in [-0.39, 0.29) is 18.2 Å². The van der Waals surface area contributed by atoms with Crippen molar-refractivity contribution in [1.82, 2.24) is 15.1 Å². The van der Waals surface area contributed by atoms with E-state index in [1.807, 2.05) is 23.1 Å². The van der Waals surface area contributed by atoms with Crippen molar-refractivity contribution in [2.24, 2.45) is 0 Å². The Morgan fingerprint density at radius 3 is 2.81 bits per heavy atom. The molecule has 6 nitrogen and oxygen atoms in total. The van der Waals surface area contributed by atoms with E-state index in [1.165, 1.54) is 0 Å². The summed E-state index contributed by atoms with van der Waals surface area (Å²) in [4.78, 5) is 16.9. The van der Waals surface area contributed by atoms with E-state index in [4.69, 9.17) is 4.74 Å². The number of amides is 2. The third-order valence-corrected chi connectivity index (χ3v) is 5.45. The summed E-state index contributed by atoms with van der Waals surface area (Å²) >= 11 is 0. The Morgan fingerprint density at radius 1 is 1.26 bits per heavy atom. The maximum atomic E-state index is 12.6. The quantitative estimate of drug-likeness (QED) is 0.802. The van der Waals surface area contributed by atoms with Gasteiger partial charge in [-0.3, -0.25) is 4.90 Å². The lowest BCUT2D eigenvalue weighted by atomic mass is 10.0. The molecule has 2 aliphatic heterocycles. The Morgan fingerprint density at radius 2 is 2.07 bits per heavy atom. The third kappa shape index (κ3) is 6.11. The molecule has 2 N–H and O–H groups in total. The van der Waals surface area contributed by atoms with Gasteiger partial charge in [0.25, 0.3) is 0 Å². The molecule has 3 rings (SSSR count). The first-order valence-electron chi connectivity index (χ1n) is 10.3. The van der Waals surface area contributed by atoms with Crippen LogP contribution in [0.2, 0.25) is 0 Å². The van der Waals surface area contributed by atoms with Crippen molar-refractivity contribution < 1.29 is 14.6 Å². The summed E-state index contributed by atoms with van der Waals surface area (Å²) in [5.41, 5.74) is 1.13. The number of rotatable bonds is 6. The van der Waals surface area contributed by atoms with Gasteiger partial charge in [-0.25, -0.2) is 4.79 Å². The molecule has 27 heavy (non-hydrogen) atoms. The normalized spacial score (nSPS) is 22.0. The Kier molecular flexibility index (Phi) is 7.35. The van der Waals surface area contributed by atoms with Gasteiger partial charge in [0.2, 0.25) is 0 Å². The van der Waals surface area contributed by atoms with Gasteiger partial charge in [-0.05, 0) is 49.8 Å². The number of ether oxygens (including phenoxy) is 1.